The molecule has 168 valence electrons. The minimum atomic E-state index is -0.0875. The molecule has 4 rings (SSSR count). The SMILES string of the molecule is CCOc1ccc(CCC2CCN(C(=O)CCn3ncc(=O)c4ccccc43)CC2)cc1. The van der Waals surface area contributed by atoms with Crippen molar-refractivity contribution in [3.63, 3.8) is 0 Å². The number of amides is 1. The second kappa shape index (κ2) is 10.4. The number of aryl methyl sites for hydroxylation is 2. The smallest absolute Gasteiger partial charge is 0.224 e. The van der Waals surface area contributed by atoms with E-state index in [4.69, 9.17) is 4.74 Å². The fourth-order valence-corrected chi connectivity index (χ4v) is 4.46. The van der Waals surface area contributed by atoms with Crippen LogP contribution in [0.25, 0.3) is 10.9 Å². The molecule has 1 aliphatic rings. The van der Waals surface area contributed by atoms with E-state index in [0.717, 1.165) is 50.0 Å². The van der Waals surface area contributed by atoms with Gasteiger partial charge in [-0.05, 0) is 68.4 Å². The van der Waals surface area contributed by atoms with Gasteiger partial charge in [-0.25, -0.2) is 0 Å². The molecule has 0 spiro atoms. The number of carbonyl (C=O) groups is 1. The molecule has 0 N–H and O–H groups in total. The van der Waals surface area contributed by atoms with Crippen LogP contribution < -0.4 is 10.2 Å². The molecule has 6 heteroatoms. The molecule has 0 saturated carbocycles. The summed E-state index contributed by atoms with van der Waals surface area (Å²) in [5.41, 5.74) is 2.03. The summed E-state index contributed by atoms with van der Waals surface area (Å²) in [4.78, 5) is 26.7. The Bertz CT molecular complexity index is 1100. The van der Waals surface area contributed by atoms with Crippen molar-refractivity contribution in [2.45, 2.75) is 45.6 Å². The third kappa shape index (κ3) is 5.36. The van der Waals surface area contributed by atoms with Crippen LogP contribution in [0, 0.1) is 5.92 Å². The van der Waals surface area contributed by atoms with Crippen LogP contribution in [-0.2, 0) is 17.8 Å². The number of benzene rings is 2. The molecule has 1 amide bonds. The van der Waals surface area contributed by atoms with Gasteiger partial charge in [0.2, 0.25) is 11.3 Å². The average molecular weight is 434 g/mol. The summed E-state index contributed by atoms with van der Waals surface area (Å²) in [5, 5.41) is 4.87. The molecular formula is C26H31N3O3. The molecule has 2 heterocycles. The zero-order valence-corrected chi connectivity index (χ0v) is 18.7. The van der Waals surface area contributed by atoms with Crippen molar-refractivity contribution in [1.82, 2.24) is 14.7 Å². The lowest BCUT2D eigenvalue weighted by Gasteiger charge is -2.32. The number of nitrogens with zero attached hydrogens (tertiary/aromatic N) is 3. The van der Waals surface area contributed by atoms with Gasteiger partial charge in [-0.3, -0.25) is 14.3 Å². The van der Waals surface area contributed by atoms with Gasteiger partial charge in [0.25, 0.3) is 0 Å². The van der Waals surface area contributed by atoms with Crippen LogP contribution in [0.1, 0.15) is 38.2 Å². The van der Waals surface area contributed by atoms with Gasteiger partial charge in [-0.2, -0.15) is 5.10 Å². The lowest BCUT2D eigenvalue weighted by Crippen LogP contribution is -2.39. The van der Waals surface area contributed by atoms with E-state index in [1.165, 1.54) is 11.8 Å². The van der Waals surface area contributed by atoms with Gasteiger partial charge in [0, 0.05) is 24.9 Å². The number of aromatic nitrogens is 2. The van der Waals surface area contributed by atoms with Crippen LogP contribution in [0.5, 0.6) is 5.75 Å². The molecule has 1 fully saturated rings. The van der Waals surface area contributed by atoms with Gasteiger partial charge in [0.15, 0.2) is 0 Å². The van der Waals surface area contributed by atoms with Crippen molar-refractivity contribution in [2.24, 2.45) is 5.92 Å². The molecule has 3 aromatic rings. The largest absolute Gasteiger partial charge is 0.494 e. The number of fused-ring (bicyclic) bond motifs is 1. The van der Waals surface area contributed by atoms with Gasteiger partial charge in [-0.1, -0.05) is 24.3 Å². The molecule has 6 nitrogen and oxygen atoms in total. The monoisotopic (exact) mass is 433 g/mol. The molecule has 0 aliphatic carbocycles. The maximum absolute atomic E-state index is 12.8. The number of hydrogen-bond acceptors (Lipinski definition) is 4. The highest BCUT2D eigenvalue weighted by molar-refractivity contribution is 5.79. The second-order valence-corrected chi connectivity index (χ2v) is 8.44. The predicted octanol–water partition coefficient (Wildman–Crippen LogP) is 4.06. The molecule has 32 heavy (non-hydrogen) atoms. The Morgan fingerprint density at radius 1 is 1.09 bits per heavy atom. The van der Waals surface area contributed by atoms with Crippen molar-refractivity contribution in [3.05, 3.63) is 70.5 Å². The predicted molar refractivity (Wildman–Crippen MR) is 126 cm³/mol. The first-order valence-electron chi connectivity index (χ1n) is 11.6. The van der Waals surface area contributed by atoms with Crippen LogP contribution in [0.2, 0.25) is 0 Å². The first-order chi connectivity index (χ1) is 15.6. The van der Waals surface area contributed by atoms with E-state index >= 15 is 0 Å². The van der Waals surface area contributed by atoms with Gasteiger partial charge in [-0.15, -0.1) is 0 Å². The summed E-state index contributed by atoms with van der Waals surface area (Å²) < 4.78 is 7.27. The van der Waals surface area contributed by atoms with Crippen LogP contribution in [0.3, 0.4) is 0 Å². The minimum Gasteiger partial charge on any atom is -0.494 e. The number of hydrogen-bond donors (Lipinski definition) is 0. The first-order valence-corrected chi connectivity index (χ1v) is 11.6. The summed E-state index contributed by atoms with van der Waals surface area (Å²) >= 11 is 0. The molecule has 1 aliphatic heterocycles. The molecule has 2 aromatic carbocycles. The maximum Gasteiger partial charge on any atom is 0.224 e. The van der Waals surface area contributed by atoms with Crippen LogP contribution in [0.4, 0.5) is 0 Å². The zero-order chi connectivity index (χ0) is 22.3. The third-order valence-corrected chi connectivity index (χ3v) is 6.34. The molecule has 1 aromatic heterocycles. The highest BCUT2D eigenvalue weighted by atomic mass is 16.5. The Labute approximate surface area is 188 Å². The van der Waals surface area contributed by atoms with E-state index in [1.54, 1.807) is 10.7 Å². The van der Waals surface area contributed by atoms with Gasteiger partial charge in [0.1, 0.15) is 5.75 Å². The number of likely N-dealkylation sites (tertiary alicyclic amines) is 1. The number of ether oxygens (including phenoxy) is 1. The van der Waals surface area contributed by atoms with E-state index < -0.39 is 0 Å². The summed E-state index contributed by atoms with van der Waals surface area (Å²) in [7, 11) is 0. The van der Waals surface area contributed by atoms with Crippen molar-refractivity contribution < 1.29 is 9.53 Å². The highest BCUT2D eigenvalue weighted by Crippen LogP contribution is 2.24. The average Bonchev–Trinajstić information content (AvgIpc) is 2.84. The molecule has 0 radical (unpaired) electrons. The summed E-state index contributed by atoms with van der Waals surface area (Å²) in [5.74, 6) is 1.75. The number of carbonyl (C=O) groups excluding carboxylic acids is 1. The van der Waals surface area contributed by atoms with Crippen LogP contribution in [-0.4, -0.2) is 40.3 Å². The van der Waals surface area contributed by atoms with Crippen molar-refractivity contribution >= 4 is 16.8 Å². The van der Waals surface area contributed by atoms with Crippen LogP contribution >= 0.6 is 0 Å². The summed E-state index contributed by atoms with van der Waals surface area (Å²) in [6.07, 6.45) is 6.07. The van der Waals surface area contributed by atoms with Crippen LogP contribution in [0.15, 0.2) is 59.5 Å². The molecule has 0 atom stereocenters. The summed E-state index contributed by atoms with van der Waals surface area (Å²) in [6, 6.07) is 15.8. The van der Waals surface area contributed by atoms with E-state index in [2.05, 4.69) is 17.2 Å². The van der Waals surface area contributed by atoms with Gasteiger partial charge >= 0.3 is 0 Å². The number of piperidine rings is 1. The second-order valence-electron chi connectivity index (χ2n) is 8.44. The lowest BCUT2D eigenvalue weighted by molar-refractivity contribution is -0.132. The molecular weight excluding hydrogens is 402 g/mol. The lowest BCUT2D eigenvalue weighted by atomic mass is 9.90. The van der Waals surface area contributed by atoms with E-state index in [-0.39, 0.29) is 11.3 Å². The Morgan fingerprint density at radius 2 is 1.84 bits per heavy atom. The molecule has 0 unspecified atom stereocenters. The maximum atomic E-state index is 12.8. The standard InChI is InChI=1S/C26H31N3O3/c1-2-32-22-11-9-20(10-12-22)7-8-21-13-16-28(17-14-21)26(31)15-18-29-24-6-4-3-5-23(24)25(30)19-27-29/h3-6,9-12,19,21H,2,7-8,13-18H2,1H3. The number of rotatable bonds is 8. The van der Waals surface area contributed by atoms with Crippen molar-refractivity contribution in [2.75, 3.05) is 19.7 Å². The third-order valence-electron chi connectivity index (χ3n) is 6.34. The normalized spacial score (nSPS) is 14.6. The fraction of sp³-hybridized carbons (Fsp3) is 0.423. The van der Waals surface area contributed by atoms with Crippen molar-refractivity contribution in [1.29, 1.82) is 0 Å². The first kappa shape index (κ1) is 22.1. The Balaban J connectivity index is 1.23. The molecule has 0 bridgehead atoms. The Hall–Kier alpha value is -3.15. The summed E-state index contributed by atoms with van der Waals surface area (Å²) in [6.45, 7) is 4.82. The van der Waals surface area contributed by atoms with E-state index in [1.807, 2.05) is 42.2 Å². The van der Waals surface area contributed by atoms with Crippen molar-refractivity contribution in [3.8, 4) is 5.75 Å². The zero-order valence-electron chi connectivity index (χ0n) is 18.7. The highest BCUT2D eigenvalue weighted by Gasteiger charge is 2.22. The minimum absolute atomic E-state index is 0.0875. The topological polar surface area (TPSA) is 64.4 Å². The van der Waals surface area contributed by atoms with Gasteiger partial charge in [0.05, 0.1) is 24.9 Å². The number of para-hydroxylation sites is 1. The van der Waals surface area contributed by atoms with E-state index in [9.17, 15) is 9.59 Å². The Morgan fingerprint density at radius 3 is 2.59 bits per heavy atom. The quantitative estimate of drug-likeness (QED) is 0.537. The Kier molecular flexibility index (Phi) is 7.20. The molecule has 1 saturated heterocycles. The van der Waals surface area contributed by atoms with E-state index in [0.29, 0.717) is 30.9 Å². The van der Waals surface area contributed by atoms with Gasteiger partial charge < -0.3 is 9.64 Å². The fourth-order valence-electron chi connectivity index (χ4n) is 4.46.